The highest BCUT2D eigenvalue weighted by atomic mass is 16.5. The Morgan fingerprint density at radius 3 is 2.53 bits per heavy atom. The number of nitrogens with two attached hydrogens (primary N) is 1. The summed E-state index contributed by atoms with van der Waals surface area (Å²) < 4.78 is 5.50. The monoisotopic (exact) mass is 211 g/mol. The second kappa shape index (κ2) is 4.94. The van der Waals surface area contributed by atoms with Gasteiger partial charge in [0, 0.05) is 18.6 Å². The highest BCUT2D eigenvalue weighted by molar-refractivity contribution is 5.79. The van der Waals surface area contributed by atoms with E-state index in [1.165, 1.54) is 12.8 Å². The fourth-order valence-corrected chi connectivity index (χ4v) is 2.59. The first kappa shape index (κ1) is 10.9. The van der Waals surface area contributed by atoms with Crippen molar-refractivity contribution in [1.29, 1.82) is 5.41 Å². The molecule has 0 radical (unpaired) electrons. The highest BCUT2D eigenvalue weighted by Crippen LogP contribution is 2.22. The molecule has 1 unspecified atom stereocenters. The number of piperidine rings is 1. The van der Waals surface area contributed by atoms with Crippen LogP contribution in [-0.4, -0.2) is 43.1 Å². The Morgan fingerprint density at radius 1 is 1.27 bits per heavy atom. The maximum atomic E-state index is 7.43. The molecule has 0 aromatic heterocycles. The number of likely N-dealkylation sites (tertiary alicyclic amines) is 1. The predicted octanol–water partition coefficient (Wildman–Crippen LogP) is 0.813. The summed E-state index contributed by atoms with van der Waals surface area (Å²) >= 11 is 0. The predicted molar refractivity (Wildman–Crippen MR) is 60.1 cm³/mol. The lowest BCUT2D eigenvalue weighted by molar-refractivity contribution is 0.00822. The standard InChI is InChI=1S/C11H21N3O/c12-11(13)9-3-5-14(6-4-9)10-2-1-7-15-8-10/h9-10H,1-8H2,(H3,12,13). The SMILES string of the molecule is N=C(N)C1CCN(C2CCCOC2)CC1. The van der Waals surface area contributed by atoms with Crippen molar-refractivity contribution in [1.82, 2.24) is 4.90 Å². The summed E-state index contributed by atoms with van der Waals surface area (Å²) in [6, 6.07) is 0.617. The first-order valence-electron chi connectivity index (χ1n) is 5.93. The molecule has 0 aliphatic carbocycles. The van der Waals surface area contributed by atoms with E-state index in [1.54, 1.807) is 0 Å². The molecule has 4 heteroatoms. The summed E-state index contributed by atoms with van der Waals surface area (Å²) in [4.78, 5) is 2.51. The van der Waals surface area contributed by atoms with Crippen molar-refractivity contribution in [3.63, 3.8) is 0 Å². The molecule has 2 heterocycles. The van der Waals surface area contributed by atoms with Gasteiger partial charge in [-0.2, -0.15) is 0 Å². The lowest BCUT2D eigenvalue weighted by Gasteiger charge is -2.38. The van der Waals surface area contributed by atoms with E-state index in [4.69, 9.17) is 15.9 Å². The third kappa shape index (κ3) is 2.69. The molecule has 3 N–H and O–H groups in total. The summed E-state index contributed by atoms with van der Waals surface area (Å²) in [5.41, 5.74) is 5.53. The van der Waals surface area contributed by atoms with E-state index in [2.05, 4.69) is 4.90 Å². The number of hydrogen-bond acceptors (Lipinski definition) is 3. The van der Waals surface area contributed by atoms with Crippen LogP contribution in [0.25, 0.3) is 0 Å². The van der Waals surface area contributed by atoms with Gasteiger partial charge in [0.15, 0.2) is 0 Å². The smallest absolute Gasteiger partial charge is 0.0937 e. The van der Waals surface area contributed by atoms with Gasteiger partial charge in [0.25, 0.3) is 0 Å². The summed E-state index contributed by atoms with van der Waals surface area (Å²) in [7, 11) is 0. The summed E-state index contributed by atoms with van der Waals surface area (Å²) in [6.45, 7) is 3.99. The minimum Gasteiger partial charge on any atom is -0.387 e. The van der Waals surface area contributed by atoms with E-state index in [0.29, 0.717) is 17.8 Å². The zero-order valence-corrected chi connectivity index (χ0v) is 9.24. The van der Waals surface area contributed by atoms with Gasteiger partial charge in [0.1, 0.15) is 0 Å². The van der Waals surface area contributed by atoms with E-state index in [-0.39, 0.29) is 0 Å². The molecule has 0 bridgehead atoms. The zero-order valence-electron chi connectivity index (χ0n) is 9.24. The number of nitrogens with one attached hydrogen (secondary N) is 1. The maximum Gasteiger partial charge on any atom is 0.0937 e. The summed E-state index contributed by atoms with van der Waals surface area (Å²) in [5, 5.41) is 7.43. The van der Waals surface area contributed by atoms with Crippen LogP contribution >= 0.6 is 0 Å². The van der Waals surface area contributed by atoms with E-state index in [9.17, 15) is 0 Å². The van der Waals surface area contributed by atoms with Gasteiger partial charge in [-0.3, -0.25) is 10.3 Å². The van der Waals surface area contributed by atoms with E-state index >= 15 is 0 Å². The number of ether oxygens (including phenoxy) is 1. The van der Waals surface area contributed by atoms with Crippen LogP contribution in [0.15, 0.2) is 0 Å². The Morgan fingerprint density at radius 2 is 2.00 bits per heavy atom. The van der Waals surface area contributed by atoms with Gasteiger partial charge < -0.3 is 10.5 Å². The Kier molecular flexibility index (Phi) is 3.59. The van der Waals surface area contributed by atoms with Crippen molar-refractivity contribution in [2.45, 2.75) is 31.7 Å². The number of rotatable bonds is 2. The molecular formula is C11H21N3O. The number of nitrogens with zero attached hydrogens (tertiary/aromatic N) is 1. The molecule has 2 aliphatic rings. The first-order valence-corrected chi connectivity index (χ1v) is 5.93. The minimum atomic E-state index is 0.325. The van der Waals surface area contributed by atoms with Crippen molar-refractivity contribution >= 4 is 5.84 Å². The number of hydrogen-bond donors (Lipinski definition) is 2. The lowest BCUT2D eigenvalue weighted by Crippen LogP contribution is -2.47. The molecule has 86 valence electrons. The summed E-state index contributed by atoms with van der Waals surface area (Å²) in [6.07, 6.45) is 4.56. The Bertz CT molecular complexity index is 218. The van der Waals surface area contributed by atoms with Gasteiger partial charge in [0.2, 0.25) is 0 Å². The van der Waals surface area contributed by atoms with Gasteiger partial charge >= 0.3 is 0 Å². The largest absolute Gasteiger partial charge is 0.387 e. The normalized spacial score (nSPS) is 30.3. The number of amidine groups is 1. The molecule has 2 rings (SSSR count). The molecule has 2 aliphatic heterocycles. The molecule has 0 saturated carbocycles. The van der Waals surface area contributed by atoms with E-state index < -0.39 is 0 Å². The molecule has 1 atom stereocenters. The van der Waals surface area contributed by atoms with Crippen LogP contribution in [0.5, 0.6) is 0 Å². The molecule has 0 aromatic carbocycles. The van der Waals surface area contributed by atoms with Crippen molar-refractivity contribution in [2.24, 2.45) is 11.7 Å². The Hall–Kier alpha value is -0.610. The lowest BCUT2D eigenvalue weighted by atomic mass is 9.94. The molecule has 0 spiro atoms. The third-order valence-corrected chi connectivity index (χ3v) is 3.62. The quantitative estimate of drug-likeness (QED) is 0.525. The summed E-state index contributed by atoms with van der Waals surface area (Å²) in [5.74, 6) is 0.695. The van der Waals surface area contributed by atoms with Crippen LogP contribution in [0.1, 0.15) is 25.7 Å². The molecule has 15 heavy (non-hydrogen) atoms. The highest BCUT2D eigenvalue weighted by Gasteiger charge is 2.27. The third-order valence-electron chi connectivity index (χ3n) is 3.62. The molecule has 2 saturated heterocycles. The Labute approximate surface area is 91.3 Å². The first-order chi connectivity index (χ1) is 7.27. The average molecular weight is 211 g/mol. The van der Waals surface area contributed by atoms with Gasteiger partial charge in [0.05, 0.1) is 12.4 Å². The molecule has 4 nitrogen and oxygen atoms in total. The van der Waals surface area contributed by atoms with Crippen molar-refractivity contribution in [3.05, 3.63) is 0 Å². The van der Waals surface area contributed by atoms with Crippen LogP contribution in [-0.2, 0) is 4.74 Å². The molecule has 2 fully saturated rings. The second-order valence-corrected chi connectivity index (χ2v) is 4.64. The van der Waals surface area contributed by atoms with Crippen LogP contribution in [0.4, 0.5) is 0 Å². The van der Waals surface area contributed by atoms with Crippen molar-refractivity contribution in [3.8, 4) is 0 Å². The average Bonchev–Trinajstić information content (AvgIpc) is 2.30. The molecule has 0 aromatic rings. The van der Waals surface area contributed by atoms with Gasteiger partial charge in [-0.25, -0.2) is 0 Å². The van der Waals surface area contributed by atoms with E-state index in [1.807, 2.05) is 0 Å². The van der Waals surface area contributed by atoms with Crippen LogP contribution in [0, 0.1) is 11.3 Å². The van der Waals surface area contributed by atoms with E-state index in [0.717, 1.165) is 39.1 Å². The maximum absolute atomic E-state index is 7.43. The van der Waals surface area contributed by atoms with Gasteiger partial charge in [-0.15, -0.1) is 0 Å². The molecular weight excluding hydrogens is 190 g/mol. The van der Waals surface area contributed by atoms with Crippen molar-refractivity contribution < 1.29 is 4.74 Å². The van der Waals surface area contributed by atoms with Crippen LogP contribution in [0.2, 0.25) is 0 Å². The molecule has 0 amide bonds. The van der Waals surface area contributed by atoms with Gasteiger partial charge in [-0.1, -0.05) is 0 Å². The van der Waals surface area contributed by atoms with Gasteiger partial charge in [-0.05, 0) is 38.8 Å². The zero-order chi connectivity index (χ0) is 10.7. The second-order valence-electron chi connectivity index (χ2n) is 4.64. The van der Waals surface area contributed by atoms with Crippen LogP contribution in [0.3, 0.4) is 0 Å². The fourth-order valence-electron chi connectivity index (χ4n) is 2.59. The topological polar surface area (TPSA) is 62.3 Å². The van der Waals surface area contributed by atoms with Crippen molar-refractivity contribution in [2.75, 3.05) is 26.3 Å². The Balaban J connectivity index is 1.79. The minimum absolute atomic E-state index is 0.325. The fraction of sp³-hybridized carbons (Fsp3) is 0.909. The van der Waals surface area contributed by atoms with Crippen LogP contribution < -0.4 is 5.73 Å².